The van der Waals surface area contributed by atoms with Crippen LogP contribution < -0.4 is 0 Å². The van der Waals surface area contributed by atoms with Crippen molar-refractivity contribution in [3.8, 4) is 0 Å². The molecule has 20 heavy (non-hydrogen) atoms. The highest BCUT2D eigenvalue weighted by atomic mass is 16.4. The Morgan fingerprint density at radius 1 is 1.10 bits per heavy atom. The molecule has 1 aromatic carbocycles. The molecule has 0 aliphatic carbocycles. The van der Waals surface area contributed by atoms with Crippen LogP contribution in [-0.4, -0.2) is 47.7 Å². The fourth-order valence-corrected chi connectivity index (χ4v) is 2.01. The predicted molar refractivity (Wildman–Crippen MR) is 75.8 cm³/mol. The standard InChI is InChI=1S/C15H21NO4/c1-11-4-6-12(7-5-11)10-15(13(17)18,14(19)20)8-9-16(2)3/h4-7H,8-10H2,1-3H3,(H,17,18)(H,19,20). The third-order valence-electron chi connectivity index (χ3n) is 3.43. The number of aryl methyl sites for hydroxylation is 1. The molecule has 0 aromatic heterocycles. The third kappa shape index (κ3) is 3.81. The number of aliphatic carboxylic acids is 2. The molecule has 5 nitrogen and oxygen atoms in total. The van der Waals surface area contributed by atoms with Crippen molar-refractivity contribution in [3.63, 3.8) is 0 Å². The van der Waals surface area contributed by atoms with Gasteiger partial charge in [-0.3, -0.25) is 9.59 Å². The van der Waals surface area contributed by atoms with E-state index >= 15 is 0 Å². The van der Waals surface area contributed by atoms with Crippen molar-refractivity contribution in [2.45, 2.75) is 19.8 Å². The van der Waals surface area contributed by atoms with Gasteiger partial charge in [-0.2, -0.15) is 0 Å². The van der Waals surface area contributed by atoms with E-state index in [2.05, 4.69) is 0 Å². The summed E-state index contributed by atoms with van der Waals surface area (Å²) in [6.07, 6.45) is 0.0599. The molecule has 0 unspecified atom stereocenters. The lowest BCUT2D eigenvalue weighted by Crippen LogP contribution is -2.43. The summed E-state index contributed by atoms with van der Waals surface area (Å²) >= 11 is 0. The second-order valence-corrected chi connectivity index (χ2v) is 5.41. The zero-order valence-electron chi connectivity index (χ0n) is 12.1. The Morgan fingerprint density at radius 2 is 1.60 bits per heavy atom. The maximum atomic E-state index is 11.5. The van der Waals surface area contributed by atoms with Crippen molar-refractivity contribution in [1.29, 1.82) is 0 Å². The number of benzene rings is 1. The van der Waals surface area contributed by atoms with E-state index in [1.807, 2.05) is 19.1 Å². The quantitative estimate of drug-likeness (QED) is 0.742. The predicted octanol–water partition coefficient (Wildman–Crippen LogP) is 1.64. The molecule has 5 heteroatoms. The minimum Gasteiger partial charge on any atom is -0.480 e. The van der Waals surface area contributed by atoms with E-state index in [-0.39, 0.29) is 12.8 Å². The van der Waals surface area contributed by atoms with Gasteiger partial charge in [-0.15, -0.1) is 0 Å². The minimum atomic E-state index is -1.78. The molecule has 0 fully saturated rings. The van der Waals surface area contributed by atoms with Gasteiger partial charge in [0.1, 0.15) is 0 Å². The van der Waals surface area contributed by atoms with Crippen molar-refractivity contribution in [2.24, 2.45) is 5.41 Å². The highest BCUT2D eigenvalue weighted by Gasteiger charge is 2.46. The first kappa shape index (κ1) is 16.2. The van der Waals surface area contributed by atoms with Crippen LogP contribution in [0.3, 0.4) is 0 Å². The number of carbonyl (C=O) groups is 2. The fraction of sp³-hybridized carbons (Fsp3) is 0.467. The van der Waals surface area contributed by atoms with Crippen LogP contribution in [0.15, 0.2) is 24.3 Å². The van der Waals surface area contributed by atoms with Gasteiger partial charge >= 0.3 is 11.9 Å². The second kappa shape index (κ2) is 6.52. The Labute approximate surface area is 118 Å². The molecule has 0 radical (unpaired) electrons. The van der Waals surface area contributed by atoms with Crippen molar-refractivity contribution in [2.75, 3.05) is 20.6 Å². The SMILES string of the molecule is Cc1ccc(CC(CCN(C)C)(C(=O)O)C(=O)O)cc1. The van der Waals surface area contributed by atoms with Crippen LogP contribution in [0.5, 0.6) is 0 Å². The Morgan fingerprint density at radius 3 is 2.00 bits per heavy atom. The minimum absolute atomic E-state index is 0.00815. The first-order valence-electron chi connectivity index (χ1n) is 6.45. The van der Waals surface area contributed by atoms with Gasteiger partial charge in [-0.1, -0.05) is 29.8 Å². The monoisotopic (exact) mass is 279 g/mol. The van der Waals surface area contributed by atoms with Gasteiger partial charge < -0.3 is 15.1 Å². The summed E-state index contributed by atoms with van der Waals surface area (Å²) < 4.78 is 0. The fourth-order valence-electron chi connectivity index (χ4n) is 2.01. The summed E-state index contributed by atoms with van der Waals surface area (Å²) in [6.45, 7) is 2.34. The summed E-state index contributed by atoms with van der Waals surface area (Å²) in [6, 6.07) is 7.28. The summed E-state index contributed by atoms with van der Waals surface area (Å²) in [5.74, 6) is -2.57. The van der Waals surface area contributed by atoms with Gasteiger partial charge in [0, 0.05) is 0 Å². The molecule has 0 saturated heterocycles. The maximum absolute atomic E-state index is 11.5. The molecule has 0 aliphatic rings. The van der Waals surface area contributed by atoms with E-state index in [0.717, 1.165) is 11.1 Å². The third-order valence-corrected chi connectivity index (χ3v) is 3.43. The molecular formula is C15H21NO4. The van der Waals surface area contributed by atoms with Crippen molar-refractivity contribution >= 4 is 11.9 Å². The molecule has 1 rings (SSSR count). The number of nitrogens with zero attached hydrogens (tertiary/aromatic N) is 1. The molecule has 0 heterocycles. The van der Waals surface area contributed by atoms with Crippen LogP contribution in [0.2, 0.25) is 0 Å². The Hall–Kier alpha value is -1.88. The molecule has 2 N–H and O–H groups in total. The lowest BCUT2D eigenvalue weighted by atomic mass is 9.78. The number of carboxylic acid groups (broad SMARTS) is 2. The molecule has 0 saturated carbocycles. The Kier molecular flexibility index (Phi) is 5.27. The summed E-state index contributed by atoms with van der Waals surface area (Å²) in [7, 11) is 3.58. The van der Waals surface area contributed by atoms with Gasteiger partial charge in [-0.05, 0) is 46.0 Å². The number of hydrogen-bond acceptors (Lipinski definition) is 3. The summed E-state index contributed by atoms with van der Waals surface area (Å²) in [5, 5.41) is 18.8. The number of carboxylic acids is 2. The first-order valence-corrected chi connectivity index (χ1v) is 6.45. The Bertz CT molecular complexity index is 465. The van der Waals surface area contributed by atoms with Crippen LogP contribution in [-0.2, 0) is 16.0 Å². The van der Waals surface area contributed by atoms with E-state index in [9.17, 15) is 19.8 Å². The average molecular weight is 279 g/mol. The van der Waals surface area contributed by atoms with Gasteiger partial charge in [0.05, 0.1) is 0 Å². The second-order valence-electron chi connectivity index (χ2n) is 5.41. The average Bonchev–Trinajstić information content (AvgIpc) is 2.35. The van der Waals surface area contributed by atoms with Crippen molar-refractivity contribution in [1.82, 2.24) is 4.90 Å². The first-order chi connectivity index (χ1) is 9.28. The maximum Gasteiger partial charge on any atom is 0.321 e. The van der Waals surface area contributed by atoms with Gasteiger partial charge in [0.15, 0.2) is 5.41 Å². The van der Waals surface area contributed by atoms with E-state index in [1.165, 1.54) is 0 Å². The van der Waals surface area contributed by atoms with Crippen LogP contribution in [0.4, 0.5) is 0 Å². The largest absolute Gasteiger partial charge is 0.480 e. The van der Waals surface area contributed by atoms with Crippen LogP contribution in [0, 0.1) is 12.3 Å². The number of hydrogen-bond donors (Lipinski definition) is 2. The highest BCUT2D eigenvalue weighted by molar-refractivity contribution is 5.98. The number of rotatable bonds is 7. The van der Waals surface area contributed by atoms with E-state index in [4.69, 9.17) is 0 Å². The summed E-state index contributed by atoms with van der Waals surface area (Å²) in [4.78, 5) is 24.9. The lowest BCUT2D eigenvalue weighted by molar-refractivity contribution is -0.165. The molecule has 0 bridgehead atoms. The molecule has 0 atom stereocenters. The summed E-state index contributed by atoms with van der Waals surface area (Å²) in [5.41, 5.74) is -0.00283. The van der Waals surface area contributed by atoms with Crippen LogP contribution >= 0.6 is 0 Å². The zero-order valence-corrected chi connectivity index (χ0v) is 12.1. The molecule has 0 aliphatic heterocycles. The Balaban J connectivity index is 3.05. The topological polar surface area (TPSA) is 77.8 Å². The van der Waals surface area contributed by atoms with E-state index in [0.29, 0.717) is 6.54 Å². The molecular weight excluding hydrogens is 258 g/mol. The van der Waals surface area contributed by atoms with Crippen LogP contribution in [0.25, 0.3) is 0 Å². The molecule has 0 amide bonds. The highest BCUT2D eigenvalue weighted by Crippen LogP contribution is 2.29. The van der Waals surface area contributed by atoms with Crippen molar-refractivity contribution < 1.29 is 19.8 Å². The van der Waals surface area contributed by atoms with Gasteiger partial charge in [0.25, 0.3) is 0 Å². The smallest absolute Gasteiger partial charge is 0.321 e. The zero-order chi connectivity index (χ0) is 15.3. The molecule has 110 valence electrons. The van der Waals surface area contributed by atoms with Gasteiger partial charge in [0.2, 0.25) is 0 Å². The lowest BCUT2D eigenvalue weighted by Gasteiger charge is -2.26. The van der Waals surface area contributed by atoms with Crippen molar-refractivity contribution in [3.05, 3.63) is 35.4 Å². The molecule has 1 aromatic rings. The van der Waals surface area contributed by atoms with Crippen LogP contribution in [0.1, 0.15) is 17.5 Å². The van der Waals surface area contributed by atoms with E-state index < -0.39 is 17.4 Å². The normalized spacial score (nSPS) is 11.6. The van der Waals surface area contributed by atoms with Gasteiger partial charge in [-0.25, -0.2) is 0 Å². The molecule has 0 spiro atoms. The van der Waals surface area contributed by atoms with E-state index in [1.54, 1.807) is 31.1 Å².